The van der Waals surface area contributed by atoms with E-state index in [-0.39, 0.29) is 27.8 Å². The van der Waals surface area contributed by atoms with Crippen LogP contribution in [-0.4, -0.2) is 28.0 Å². The standard InChI is InChI=1S/C16H15ClF2N2O4S/c1-20-26(23,24)12-6-7-14(17)13(8-12)15(22)21-9-10-2-4-11(5-3-10)25-16(18)19/h2-8,16,20H,9H2,1H3,(H,21,22). The summed E-state index contributed by atoms with van der Waals surface area (Å²) in [4.78, 5) is 12.2. The number of rotatable bonds is 7. The third-order valence-corrected chi connectivity index (χ3v) is 5.10. The first-order chi connectivity index (χ1) is 12.2. The summed E-state index contributed by atoms with van der Waals surface area (Å²) >= 11 is 5.97. The molecule has 0 radical (unpaired) electrons. The summed E-state index contributed by atoms with van der Waals surface area (Å²) in [5, 5.41) is 2.68. The van der Waals surface area contributed by atoms with E-state index in [9.17, 15) is 22.0 Å². The Bertz CT molecular complexity index is 890. The Morgan fingerprint density at radius 3 is 2.42 bits per heavy atom. The second-order valence-corrected chi connectivity index (χ2v) is 7.35. The van der Waals surface area contributed by atoms with Gasteiger partial charge in [0.05, 0.1) is 15.5 Å². The van der Waals surface area contributed by atoms with Gasteiger partial charge in [-0.15, -0.1) is 0 Å². The number of sulfonamides is 1. The van der Waals surface area contributed by atoms with Crippen LogP contribution in [0.25, 0.3) is 0 Å². The normalized spacial score (nSPS) is 11.4. The van der Waals surface area contributed by atoms with Crippen molar-refractivity contribution in [1.29, 1.82) is 0 Å². The smallest absolute Gasteiger partial charge is 0.387 e. The molecule has 0 saturated carbocycles. The maximum absolute atomic E-state index is 12.3. The number of nitrogens with one attached hydrogen (secondary N) is 2. The van der Waals surface area contributed by atoms with Crippen molar-refractivity contribution in [3.8, 4) is 5.75 Å². The van der Waals surface area contributed by atoms with Crippen LogP contribution in [0.4, 0.5) is 8.78 Å². The van der Waals surface area contributed by atoms with Crippen molar-refractivity contribution in [3.05, 3.63) is 58.6 Å². The molecule has 6 nitrogen and oxygen atoms in total. The third-order valence-electron chi connectivity index (χ3n) is 3.36. The van der Waals surface area contributed by atoms with Crippen molar-refractivity contribution in [2.75, 3.05) is 7.05 Å². The Morgan fingerprint density at radius 1 is 1.19 bits per heavy atom. The fourth-order valence-corrected chi connectivity index (χ4v) is 2.99. The van der Waals surface area contributed by atoms with E-state index in [1.54, 1.807) is 0 Å². The molecule has 0 aliphatic rings. The molecule has 0 bridgehead atoms. The molecule has 2 N–H and O–H groups in total. The molecular formula is C16H15ClF2N2O4S. The Balaban J connectivity index is 2.09. The fourth-order valence-electron chi connectivity index (χ4n) is 2.03. The van der Waals surface area contributed by atoms with Crippen molar-refractivity contribution in [3.63, 3.8) is 0 Å². The first kappa shape index (κ1) is 20.1. The van der Waals surface area contributed by atoms with Crippen molar-refractivity contribution < 1.29 is 26.7 Å². The number of benzene rings is 2. The maximum Gasteiger partial charge on any atom is 0.387 e. The quantitative estimate of drug-likeness (QED) is 0.743. The van der Waals surface area contributed by atoms with Gasteiger partial charge in [-0.1, -0.05) is 23.7 Å². The molecule has 0 aliphatic heterocycles. The second kappa shape index (κ2) is 8.43. The molecular weight excluding hydrogens is 390 g/mol. The molecule has 26 heavy (non-hydrogen) atoms. The lowest BCUT2D eigenvalue weighted by Gasteiger charge is -2.10. The SMILES string of the molecule is CNS(=O)(=O)c1ccc(Cl)c(C(=O)NCc2ccc(OC(F)F)cc2)c1. The monoisotopic (exact) mass is 404 g/mol. The van der Waals surface area contributed by atoms with Crippen LogP contribution in [0.15, 0.2) is 47.4 Å². The van der Waals surface area contributed by atoms with E-state index >= 15 is 0 Å². The molecule has 1 amide bonds. The number of carbonyl (C=O) groups is 1. The van der Waals surface area contributed by atoms with Crippen molar-refractivity contribution >= 4 is 27.5 Å². The lowest BCUT2D eigenvalue weighted by Crippen LogP contribution is -2.24. The summed E-state index contributed by atoms with van der Waals surface area (Å²) in [6.45, 7) is -2.82. The fraction of sp³-hybridized carbons (Fsp3) is 0.188. The molecule has 140 valence electrons. The molecule has 2 aromatic carbocycles. The number of hydrogen-bond acceptors (Lipinski definition) is 4. The molecule has 0 atom stereocenters. The van der Waals surface area contributed by atoms with Gasteiger partial charge in [0.15, 0.2) is 0 Å². The van der Waals surface area contributed by atoms with Crippen LogP contribution < -0.4 is 14.8 Å². The number of alkyl halides is 2. The van der Waals surface area contributed by atoms with E-state index in [4.69, 9.17) is 11.6 Å². The van der Waals surface area contributed by atoms with Crippen LogP contribution in [0.3, 0.4) is 0 Å². The number of carbonyl (C=O) groups excluding carboxylic acids is 1. The van der Waals surface area contributed by atoms with Gasteiger partial charge in [0.2, 0.25) is 10.0 Å². The van der Waals surface area contributed by atoms with Gasteiger partial charge in [0.25, 0.3) is 5.91 Å². The number of hydrogen-bond donors (Lipinski definition) is 2. The molecule has 0 saturated heterocycles. The number of amides is 1. The summed E-state index contributed by atoms with van der Waals surface area (Å²) < 4.78 is 54.2. The number of halogens is 3. The number of ether oxygens (including phenoxy) is 1. The minimum atomic E-state index is -3.72. The Labute approximate surface area is 154 Å². The lowest BCUT2D eigenvalue weighted by atomic mass is 10.2. The van der Waals surface area contributed by atoms with Gasteiger partial charge in [-0.05, 0) is 42.9 Å². The highest BCUT2D eigenvalue weighted by Crippen LogP contribution is 2.21. The van der Waals surface area contributed by atoms with Crippen LogP contribution >= 0.6 is 11.6 Å². The van der Waals surface area contributed by atoms with Gasteiger partial charge in [-0.25, -0.2) is 13.1 Å². The third kappa shape index (κ3) is 5.13. The molecule has 0 aliphatic carbocycles. The van der Waals surface area contributed by atoms with Crippen molar-refractivity contribution in [2.45, 2.75) is 18.1 Å². The van der Waals surface area contributed by atoms with Gasteiger partial charge < -0.3 is 10.1 Å². The summed E-state index contributed by atoms with van der Waals surface area (Å²) in [5.41, 5.74) is 0.635. The molecule has 0 aromatic heterocycles. The van der Waals surface area contributed by atoms with Gasteiger partial charge in [-0.2, -0.15) is 8.78 Å². The largest absolute Gasteiger partial charge is 0.435 e. The van der Waals surface area contributed by atoms with E-state index in [0.29, 0.717) is 5.56 Å². The van der Waals surface area contributed by atoms with Crippen LogP contribution in [0.2, 0.25) is 5.02 Å². The van der Waals surface area contributed by atoms with Gasteiger partial charge in [0.1, 0.15) is 5.75 Å². The molecule has 2 aromatic rings. The first-order valence-corrected chi connectivity index (χ1v) is 9.14. The molecule has 10 heteroatoms. The highest BCUT2D eigenvalue weighted by molar-refractivity contribution is 7.89. The van der Waals surface area contributed by atoms with Crippen LogP contribution in [-0.2, 0) is 16.6 Å². The molecule has 0 spiro atoms. The zero-order valence-electron chi connectivity index (χ0n) is 13.5. The highest BCUT2D eigenvalue weighted by atomic mass is 35.5. The molecule has 0 unspecified atom stereocenters. The van der Waals surface area contributed by atoms with Crippen LogP contribution in [0.1, 0.15) is 15.9 Å². The Kier molecular flexibility index (Phi) is 6.52. The van der Waals surface area contributed by atoms with Gasteiger partial charge in [0, 0.05) is 6.54 Å². The van der Waals surface area contributed by atoms with Gasteiger partial charge >= 0.3 is 6.61 Å². The zero-order valence-corrected chi connectivity index (χ0v) is 15.1. The lowest BCUT2D eigenvalue weighted by molar-refractivity contribution is -0.0498. The molecule has 0 fully saturated rings. The second-order valence-electron chi connectivity index (χ2n) is 5.05. The predicted octanol–water partition coefficient (Wildman–Crippen LogP) is 2.78. The summed E-state index contributed by atoms with van der Waals surface area (Å²) in [7, 11) is -2.46. The van der Waals surface area contributed by atoms with Crippen molar-refractivity contribution in [2.24, 2.45) is 0 Å². The van der Waals surface area contributed by atoms with E-state index in [2.05, 4.69) is 14.8 Å². The Hall–Kier alpha value is -2.23. The van der Waals surface area contributed by atoms with E-state index in [0.717, 1.165) is 0 Å². The molecule has 0 heterocycles. The van der Waals surface area contributed by atoms with Crippen LogP contribution in [0.5, 0.6) is 5.75 Å². The van der Waals surface area contributed by atoms with Crippen molar-refractivity contribution in [1.82, 2.24) is 10.0 Å². The predicted molar refractivity (Wildman–Crippen MR) is 91.9 cm³/mol. The first-order valence-electron chi connectivity index (χ1n) is 7.28. The van der Waals surface area contributed by atoms with Gasteiger partial charge in [-0.3, -0.25) is 4.79 Å². The van der Waals surface area contributed by atoms with E-state index < -0.39 is 22.5 Å². The molecule has 2 rings (SSSR count). The maximum atomic E-state index is 12.3. The topological polar surface area (TPSA) is 84.5 Å². The zero-order chi connectivity index (χ0) is 19.3. The minimum Gasteiger partial charge on any atom is -0.435 e. The minimum absolute atomic E-state index is 0.000598. The van der Waals surface area contributed by atoms with E-state index in [1.807, 2.05) is 0 Å². The highest BCUT2D eigenvalue weighted by Gasteiger charge is 2.17. The van der Waals surface area contributed by atoms with E-state index in [1.165, 1.54) is 49.5 Å². The summed E-state index contributed by atoms with van der Waals surface area (Å²) in [5.74, 6) is -0.570. The summed E-state index contributed by atoms with van der Waals surface area (Å²) in [6.07, 6.45) is 0. The Morgan fingerprint density at radius 2 is 1.85 bits per heavy atom. The average Bonchev–Trinajstić information content (AvgIpc) is 2.60. The average molecular weight is 405 g/mol. The van der Waals surface area contributed by atoms with Crippen LogP contribution in [0, 0.1) is 0 Å². The summed E-state index contributed by atoms with van der Waals surface area (Å²) in [6, 6.07) is 9.50.